The summed E-state index contributed by atoms with van der Waals surface area (Å²) < 4.78 is 5.21. The van der Waals surface area contributed by atoms with Crippen LogP contribution in [0, 0.1) is 0 Å². The molecule has 108 valence electrons. The molecule has 1 N–H and O–H groups in total. The number of hydrogen-bond donors (Lipinski definition) is 1. The first-order valence-corrected chi connectivity index (χ1v) is 6.49. The molecule has 0 radical (unpaired) electrons. The Bertz CT molecular complexity index is 421. The normalized spacial score (nSPS) is 12.2. The molecule has 0 bridgehead atoms. The van der Waals surface area contributed by atoms with Gasteiger partial charge in [-0.2, -0.15) is 4.98 Å². The van der Waals surface area contributed by atoms with Crippen LogP contribution in [0.15, 0.2) is 4.52 Å². The zero-order chi connectivity index (χ0) is 14.6. The molecular formula is C13H24N4O2. The van der Waals surface area contributed by atoms with Crippen LogP contribution in [-0.4, -0.2) is 40.6 Å². The van der Waals surface area contributed by atoms with Gasteiger partial charge in [-0.05, 0) is 20.9 Å². The number of amides is 1. The van der Waals surface area contributed by atoms with E-state index < -0.39 is 0 Å². The topological polar surface area (TPSA) is 71.3 Å². The van der Waals surface area contributed by atoms with Crippen LogP contribution in [0.25, 0.3) is 0 Å². The van der Waals surface area contributed by atoms with Crippen LogP contribution in [0.2, 0.25) is 0 Å². The fraction of sp³-hybridized carbons (Fsp3) is 0.769. The van der Waals surface area contributed by atoms with Gasteiger partial charge in [0.25, 0.3) is 0 Å². The van der Waals surface area contributed by atoms with Gasteiger partial charge in [-0.1, -0.05) is 25.9 Å². The van der Waals surface area contributed by atoms with Crippen molar-refractivity contribution in [1.82, 2.24) is 20.4 Å². The molecule has 6 heteroatoms. The first-order chi connectivity index (χ1) is 8.68. The van der Waals surface area contributed by atoms with E-state index in [4.69, 9.17) is 4.52 Å². The molecule has 0 aliphatic carbocycles. The van der Waals surface area contributed by atoms with Gasteiger partial charge in [0.15, 0.2) is 5.82 Å². The Kier molecular flexibility index (Phi) is 5.05. The predicted molar refractivity (Wildman–Crippen MR) is 72.6 cm³/mol. The monoisotopic (exact) mass is 268 g/mol. The predicted octanol–water partition coefficient (Wildman–Crippen LogP) is 1.32. The second-order valence-corrected chi connectivity index (χ2v) is 6.16. The number of nitrogens with zero attached hydrogens (tertiary/aromatic N) is 3. The van der Waals surface area contributed by atoms with Gasteiger partial charge in [0, 0.05) is 11.5 Å². The molecule has 0 spiro atoms. The first kappa shape index (κ1) is 15.6. The quantitative estimate of drug-likeness (QED) is 0.872. The van der Waals surface area contributed by atoms with E-state index in [0.717, 1.165) is 0 Å². The number of carbonyl (C=O) groups excluding carboxylic acids is 1. The summed E-state index contributed by atoms with van der Waals surface area (Å²) in [5, 5.41) is 6.78. The van der Waals surface area contributed by atoms with Crippen LogP contribution in [0.4, 0.5) is 0 Å². The highest BCUT2D eigenvalue weighted by atomic mass is 16.5. The molecule has 1 heterocycles. The Hall–Kier alpha value is -1.43. The van der Waals surface area contributed by atoms with Gasteiger partial charge in [0.1, 0.15) is 0 Å². The van der Waals surface area contributed by atoms with E-state index in [1.807, 2.05) is 46.6 Å². The van der Waals surface area contributed by atoms with E-state index in [0.29, 0.717) is 24.8 Å². The fourth-order valence-corrected chi connectivity index (χ4v) is 1.53. The van der Waals surface area contributed by atoms with Crippen molar-refractivity contribution in [2.24, 2.45) is 0 Å². The highest BCUT2D eigenvalue weighted by Gasteiger charge is 2.22. The van der Waals surface area contributed by atoms with Crippen LogP contribution in [0.5, 0.6) is 0 Å². The van der Waals surface area contributed by atoms with Gasteiger partial charge in [-0.3, -0.25) is 9.69 Å². The summed E-state index contributed by atoms with van der Waals surface area (Å²) in [4.78, 5) is 17.8. The molecule has 1 rings (SSSR count). The third-order valence-electron chi connectivity index (χ3n) is 2.38. The molecule has 0 atom stereocenters. The van der Waals surface area contributed by atoms with Crippen molar-refractivity contribution in [3.05, 3.63) is 11.7 Å². The van der Waals surface area contributed by atoms with Crippen LogP contribution in [0.1, 0.15) is 46.3 Å². The second-order valence-electron chi connectivity index (χ2n) is 6.16. The zero-order valence-corrected chi connectivity index (χ0v) is 12.6. The van der Waals surface area contributed by atoms with Crippen molar-refractivity contribution in [3.8, 4) is 0 Å². The minimum absolute atomic E-state index is 0.00274. The Morgan fingerprint density at radius 2 is 2.05 bits per heavy atom. The number of hydrogen-bond acceptors (Lipinski definition) is 5. The standard InChI is InChI=1S/C13H24N4O2/c1-9(2)14-11(18)8-17(6)7-10-15-12(19-16-10)13(3,4)5/h9H,7-8H2,1-6H3,(H,14,18). The summed E-state index contributed by atoms with van der Waals surface area (Å²) in [7, 11) is 1.85. The van der Waals surface area contributed by atoms with Gasteiger partial charge in [0.2, 0.25) is 11.8 Å². The molecule has 0 unspecified atom stereocenters. The van der Waals surface area contributed by atoms with E-state index in [1.54, 1.807) is 0 Å². The molecule has 19 heavy (non-hydrogen) atoms. The Morgan fingerprint density at radius 3 is 2.53 bits per heavy atom. The summed E-state index contributed by atoms with van der Waals surface area (Å²) in [5.74, 6) is 1.21. The number of rotatable bonds is 5. The van der Waals surface area contributed by atoms with Gasteiger partial charge >= 0.3 is 0 Å². The summed E-state index contributed by atoms with van der Waals surface area (Å²) in [6.07, 6.45) is 0. The molecule has 0 aliphatic heterocycles. The average molecular weight is 268 g/mol. The third-order valence-corrected chi connectivity index (χ3v) is 2.38. The Labute approximate surface area is 114 Å². The molecule has 1 aromatic rings. The first-order valence-electron chi connectivity index (χ1n) is 6.49. The highest BCUT2D eigenvalue weighted by Crippen LogP contribution is 2.19. The maximum atomic E-state index is 11.6. The van der Waals surface area contributed by atoms with Crippen molar-refractivity contribution in [2.75, 3.05) is 13.6 Å². The molecular weight excluding hydrogens is 244 g/mol. The Morgan fingerprint density at radius 1 is 1.42 bits per heavy atom. The molecule has 0 aliphatic rings. The van der Waals surface area contributed by atoms with Crippen LogP contribution < -0.4 is 5.32 Å². The van der Waals surface area contributed by atoms with Gasteiger partial charge in [-0.25, -0.2) is 0 Å². The molecule has 0 aromatic carbocycles. The van der Waals surface area contributed by atoms with Crippen molar-refractivity contribution in [3.63, 3.8) is 0 Å². The number of aromatic nitrogens is 2. The smallest absolute Gasteiger partial charge is 0.234 e. The Balaban J connectivity index is 2.51. The van der Waals surface area contributed by atoms with Crippen molar-refractivity contribution < 1.29 is 9.32 Å². The maximum absolute atomic E-state index is 11.6. The zero-order valence-electron chi connectivity index (χ0n) is 12.6. The van der Waals surface area contributed by atoms with Crippen LogP contribution in [-0.2, 0) is 16.8 Å². The third kappa shape index (κ3) is 5.38. The summed E-state index contributed by atoms with van der Waals surface area (Å²) in [5.41, 5.74) is -0.154. The number of likely N-dealkylation sites (N-methyl/N-ethyl adjacent to an activating group) is 1. The summed E-state index contributed by atoms with van der Waals surface area (Å²) in [6, 6.07) is 0.151. The molecule has 1 aromatic heterocycles. The molecule has 0 saturated carbocycles. The lowest BCUT2D eigenvalue weighted by Crippen LogP contribution is -2.38. The minimum Gasteiger partial charge on any atom is -0.353 e. The van der Waals surface area contributed by atoms with E-state index in [2.05, 4.69) is 15.5 Å². The fourth-order valence-electron chi connectivity index (χ4n) is 1.53. The van der Waals surface area contributed by atoms with Crippen molar-refractivity contribution >= 4 is 5.91 Å². The SMILES string of the molecule is CC(C)NC(=O)CN(C)Cc1noc(C(C)(C)C)n1. The minimum atomic E-state index is -0.154. The number of carbonyl (C=O) groups is 1. The van der Waals surface area contributed by atoms with Gasteiger partial charge in [0.05, 0.1) is 13.1 Å². The van der Waals surface area contributed by atoms with E-state index in [-0.39, 0.29) is 17.4 Å². The highest BCUT2D eigenvalue weighted by molar-refractivity contribution is 5.78. The van der Waals surface area contributed by atoms with Crippen molar-refractivity contribution in [2.45, 2.75) is 52.6 Å². The molecule has 1 amide bonds. The lowest BCUT2D eigenvalue weighted by atomic mass is 9.97. The lowest BCUT2D eigenvalue weighted by molar-refractivity contribution is -0.122. The second kappa shape index (κ2) is 6.14. The number of nitrogens with one attached hydrogen (secondary N) is 1. The maximum Gasteiger partial charge on any atom is 0.234 e. The van der Waals surface area contributed by atoms with Crippen molar-refractivity contribution in [1.29, 1.82) is 0 Å². The van der Waals surface area contributed by atoms with Gasteiger partial charge in [-0.15, -0.1) is 0 Å². The van der Waals surface area contributed by atoms with E-state index in [1.165, 1.54) is 0 Å². The largest absolute Gasteiger partial charge is 0.353 e. The van der Waals surface area contributed by atoms with Crippen LogP contribution >= 0.6 is 0 Å². The van der Waals surface area contributed by atoms with Crippen LogP contribution in [0.3, 0.4) is 0 Å². The van der Waals surface area contributed by atoms with E-state index in [9.17, 15) is 4.79 Å². The van der Waals surface area contributed by atoms with Gasteiger partial charge < -0.3 is 9.84 Å². The molecule has 0 saturated heterocycles. The molecule has 6 nitrogen and oxygen atoms in total. The summed E-state index contributed by atoms with van der Waals surface area (Å²) in [6.45, 7) is 10.7. The average Bonchev–Trinajstić information content (AvgIpc) is 2.63. The summed E-state index contributed by atoms with van der Waals surface area (Å²) >= 11 is 0. The van der Waals surface area contributed by atoms with E-state index >= 15 is 0 Å². The lowest BCUT2D eigenvalue weighted by Gasteiger charge is -2.15. The molecule has 0 fully saturated rings.